The first-order chi connectivity index (χ1) is 18.5. The Bertz CT molecular complexity index is 1330. The van der Waals surface area contributed by atoms with Gasteiger partial charge >= 0.3 is 0 Å². The molecule has 2 atom stereocenters. The molecule has 2 aromatic carbocycles. The van der Waals surface area contributed by atoms with E-state index < -0.39 is 10.8 Å². The molecule has 8 nitrogen and oxygen atoms in total. The number of anilines is 1. The van der Waals surface area contributed by atoms with Gasteiger partial charge in [-0.15, -0.1) is 11.3 Å². The van der Waals surface area contributed by atoms with Gasteiger partial charge < -0.3 is 14.7 Å². The second kappa shape index (κ2) is 10.2. The van der Waals surface area contributed by atoms with Crippen molar-refractivity contribution in [2.24, 2.45) is 0 Å². The molecule has 2 aliphatic heterocycles. The summed E-state index contributed by atoms with van der Waals surface area (Å²) in [5.74, 6) is -0.346. The number of nitrogens with zero attached hydrogens (tertiary/aromatic N) is 4. The molecule has 1 saturated heterocycles. The minimum Gasteiger partial charge on any atom is -0.368 e. The zero-order valence-electron chi connectivity index (χ0n) is 21.1. The van der Waals surface area contributed by atoms with Crippen LogP contribution in [0.4, 0.5) is 11.4 Å². The Morgan fingerprint density at radius 1 is 0.921 bits per heavy atom. The van der Waals surface area contributed by atoms with Crippen molar-refractivity contribution >= 4 is 34.5 Å². The van der Waals surface area contributed by atoms with Gasteiger partial charge in [0.2, 0.25) is 5.91 Å². The van der Waals surface area contributed by atoms with Crippen molar-refractivity contribution < 1.29 is 14.5 Å². The van der Waals surface area contributed by atoms with E-state index in [0.29, 0.717) is 31.7 Å². The van der Waals surface area contributed by atoms with E-state index >= 15 is 0 Å². The number of hydrogen-bond acceptors (Lipinski definition) is 6. The van der Waals surface area contributed by atoms with E-state index in [0.717, 1.165) is 41.8 Å². The van der Waals surface area contributed by atoms with Gasteiger partial charge in [0.25, 0.3) is 11.6 Å². The molecular weight excluding hydrogens is 500 g/mol. The van der Waals surface area contributed by atoms with E-state index in [2.05, 4.69) is 11.0 Å². The normalized spacial score (nSPS) is 22.0. The van der Waals surface area contributed by atoms with Crippen molar-refractivity contribution in [2.45, 2.75) is 43.7 Å². The van der Waals surface area contributed by atoms with Crippen LogP contribution in [-0.2, 0) is 4.79 Å². The molecule has 0 bridgehead atoms. The van der Waals surface area contributed by atoms with Crippen LogP contribution in [-0.4, -0.2) is 58.8 Å². The highest BCUT2D eigenvalue weighted by Gasteiger charge is 2.48. The summed E-state index contributed by atoms with van der Waals surface area (Å²) in [6.07, 6.45) is 4.17. The maximum absolute atomic E-state index is 14.4. The quantitative estimate of drug-likeness (QED) is 0.333. The predicted octanol–water partition coefficient (Wildman–Crippen LogP) is 5.23. The van der Waals surface area contributed by atoms with Crippen LogP contribution >= 0.6 is 11.3 Å². The summed E-state index contributed by atoms with van der Waals surface area (Å²) in [6.45, 7) is 2.41. The molecule has 6 rings (SSSR count). The number of hydrogen-bond donors (Lipinski definition) is 0. The lowest BCUT2D eigenvalue weighted by Crippen LogP contribution is -2.54. The molecule has 0 radical (unpaired) electrons. The fraction of sp³-hybridized carbons (Fsp3) is 0.379. The van der Waals surface area contributed by atoms with Crippen LogP contribution in [0.3, 0.4) is 0 Å². The molecule has 196 valence electrons. The number of fused-ring (bicyclic) bond motifs is 1. The molecule has 0 unspecified atom stereocenters. The molecule has 2 fully saturated rings. The van der Waals surface area contributed by atoms with Crippen LogP contribution < -0.4 is 4.90 Å². The predicted molar refractivity (Wildman–Crippen MR) is 147 cm³/mol. The Kier molecular flexibility index (Phi) is 6.61. The molecule has 1 saturated carbocycles. The van der Waals surface area contributed by atoms with Gasteiger partial charge in [0.05, 0.1) is 16.9 Å². The van der Waals surface area contributed by atoms with E-state index in [1.165, 1.54) is 12.1 Å². The molecule has 9 heteroatoms. The van der Waals surface area contributed by atoms with Crippen molar-refractivity contribution in [1.29, 1.82) is 0 Å². The van der Waals surface area contributed by atoms with Gasteiger partial charge in [-0.2, -0.15) is 0 Å². The lowest BCUT2D eigenvalue weighted by molar-refractivity contribution is -0.384. The second-order valence-corrected chi connectivity index (χ2v) is 11.2. The van der Waals surface area contributed by atoms with Gasteiger partial charge in [-0.3, -0.25) is 19.7 Å². The van der Waals surface area contributed by atoms with Gasteiger partial charge in [0, 0.05) is 60.5 Å². The molecule has 1 aromatic heterocycles. The molecule has 0 N–H and O–H groups in total. The highest BCUT2D eigenvalue weighted by Crippen LogP contribution is 2.48. The third-order valence-corrected chi connectivity index (χ3v) is 9.15. The summed E-state index contributed by atoms with van der Waals surface area (Å²) in [5.41, 5.74) is 2.46. The maximum Gasteiger partial charge on any atom is 0.269 e. The zero-order chi connectivity index (χ0) is 26.2. The van der Waals surface area contributed by atoms with E-state index in [4.69, 9.17) is 0 Å². The Hall–Kier alpha value is -3.72. The van der Waals surface area contributed by atoms with Crippen molar-refractivity contribution in [3.05, 3.63) is 92.2 Å². The van der Waals surface area contributed by atoms with E-state index in [-0.39, 0.29) is 29.6 Å². The number of carbonyl (C=O) groups is 2. The number of nitro groups is 1. The average molecular weight is 531 g/mol. The highest BCUT2D eigenvalue weighted by molar-refractivity contribution is 7.10. The maximum atomic E-state index is 14.4. The van der Waals surface area contributed by atoms with Gasteiger partial charge in [-0.05, 0) is 48.1 Å². The minimum absolute atomic E-state index is 0.0398. The number of carbonyl (C=O) groups excluding carboxylic acids is 2. The van der Waals surface area contributed by atoms with E-state index in [9.17, 15) is 19.7 Å². The summed E-state index contributed by atoms with van der Waals surface area (Å²) in [7, 11) is 0. The first-order valence-electron chi connectivity index (χ1n) is 13.3. The SMILES string of the molecule is O=C([C@@H]1c2ccccc2C(=O)N(C2CCCC2)[C@H]1c1cccs1)N1CCN(c2ccc([N+](=O)[O-])cc2)CC1. The zero-order valence-corrected chi connectivity index (χ0v) is 21.9. The smallest absolute Gasteiger partial charge is 0.269 e. The van der Waals surface area contributed by atoms with Crippen LogP contribution in [0.25, 0.3) is 0 Å². The number of rotatable bonds is 5. The molecule has 2 amide bonds. The van der Waals surface area contributed by atoms with Crippen molar-refractivity contribution in [2.75, 3.05) is 31.1 Å². The highest BCUT2D eigenvalue weighted by atomic mass is 32.1. The Morgan fingerprint density at radius 3 is 2.29 bits per heavy atom. The van der Waals surface area contributed by atoms with Crippen LogP contribution in [0.5, 0.6) is 0 Å². The number of nitro benzene ring substituents is 1. The number of piperazine rings is 1. The van der Waals surface area contributed by atoms with Crippen LogP contribution in [0.2, 0.25) is 0 Å². The Labute approximate surface area is 225 Å². The largest absolute Gasteiger partial charge is 0.368 e. The van der Waals surface area contributed by atoms with Crippen LogP contribution in [0.15, 0.2) is 66.0 Å². The first-order valence-corrected chi connectivity index (χ1v) is 14.1. The lowest BCUT2D eigenvalue weighted by Gasteiger charge is -2.46. The van der Waals surface area contributed by atoms with E-state index in [1.54, 1.807) is 23.5 Å². The minimum atomic E-state index is -0.450. The van der Waals surface area contributed by atoms with Gasteiger partial charge in [0.1, 0.15) is 0 Å². The first kappa shape index (κ1) is 24.6. The molecule has 38 heavy (non-hydrogen) atoms. The third-order valence-electron chi connectivity index (χ3n) is 8.21. The van der Waals surface area contributed by atoms with Crippen molar-refractivity contribution in [3.63, 3.8) is 0 Å². The summed E-state index contributed by atoms with van der Waals surface area (Å²) in [4.78, 5) is 46.0. The second-order valence-electron chi connectivity index (χ2n) is 10.3. The molecule has 3 heterocycles. The van der Waals surface area contributed by atoms with Gasteiger partial charge in [0.15, 0.2) is 0 Å². The molecule has 0 spiro atoms. The Balaban J connectivity index is 1.29. The number of non-ortho nitro benzene ring substituents is 1. The third kappa shape index (κ3) is 4.34. The standard InChI is InChI=1S/C29H30N4O4S/c34-28-24-9-4-3-8-23(24)26(27(25-10-5-19-38-25)32(28)21-6-1-2-7-21)29(35)31-17-15-30(16-18-31)20-11-13-22(14-12-20)33(36)37/h3-5,8-14,19,21,26-27H,1-2,6-7,15-18H2/t26-,27+/m1/s1. The van der Waals surface area contributed by atoms with Crippen LogP contribution in [0.1, 0.15) is 58.4 Å². The molecule has 3 aliphatic rings. The van der Waals surface area contributed by atoms with Crippen molar-refractivity contribution in [3.8, 4) is 0 Å². The number of benzene rings is 2. The summed E-state index contributed by atoms with van der Waals surface area (Å²) in [5, 5.41) is 13.0. The number of amides is 2. The summed E-state index contributed by atoms with van der Waals surface area (Å²) >= 11 is 1.62. The van der Waals surface area contributed by atoms with Crippen molar-refractivity contribution in [1.82, 2.24) is 9.80 Å². The van der Waals surface area contributed by atoms with Gasteiger partial charge in [-0.1, -0.05) is 37.1 Å². The molecule has 3 aromatic rings. The summed E-state index contributed by atoms with van der Waals surface area (Å²) < 4.78 is 0. The molecular formula is C29H30N4O4S. The monoisotopic (exact) mass is 530 g/mol. The fourth-order valence-corrected chi connectivity index (χ4v) is 7.19. The summed E-state index contributed by atoms with van der Waals surface area (Å²) in [6, 6.07) is 18.1. The Morgan fingerprint density at radius 2 is 1.63 bits per heavy atom. The fourth-order valence-electron chi connectivity index (χ4n) is 6.33. The topological polar surface area (TPSA) is 87.0 Å². The number of thiophene rings is 1. The van der Waals surface area contributed by atoms with E-state index in [1.807, 2.05) is 45.5 Å². The average Bonchev–Trinajstić information content (AvgIpc) is 3.68. The lowest BCUT2D eigenvalue weighted by atomic mass is 9.80. The molecule has 1 aliphatic carbocycles. The van der Waals surface area contributed by atoms with Gasteiger partial charge in [-0.25, -0.2) is 0 Å². The van der Waals surface area contributed by atoms with Crippen LogP contribution in [0, 0.1) is 10.1 Å².